The molecule has 39 heavy (non-hydrogen) atoms. The molecule has 0 aliphatic heterocycles. The van der Waals surface area contributed by atoms with Crippen LogP contribution in [-0.2, 0) is 23.8 Å². The zero-order chi connectivity index (χ0) is 28.5. The van der Waals surface area contributed by atoms with Crippen LogP contribution in [0.4, 0.5) is 21.0 Å². The minimum Gasteiger partial charge on any atom is -0.456 e. The average molecular weight is 561 g/mol. The molecule has 1 aromatic carbocycles. The van der Waals surface area contributed by atoms with Gasteiger partial charge in [0.1, 0.15) is 0 Å². The van der Waals surface area contributed by atoms with Crippen molar-refractivity contribution in [2.24, 2.45) is 0 Å². The molecule has 1 aliphatic carbocycles. The number of hydrogen-bond acceptors (Lipinski definition) is 9. The second-order valence-corrected chi connectivity index (χ2v) is 10.9. The largest absolute Gasteiger partial charge is 0.456 e. The first kappa shape index (κ1) is 29.9. The van der Waals surface area contributed by atoms with E-state index in [0.717, 1.165) is 35.6 Å². The Balaban J connectivity index is 1.73. The Kier molecular flexibility index (Phi) is 10.7. The van der Waals surface area contributed by atoms with E-state index in [9.17, 15) is 19.2 Å². The topological polar surface area (TPSA) is 145 Å². The second-order valence-electron chi connectivity index (χ2n) is 9.88. The molecule has 1 saturated carbocycles. The van der Waals surface area contributed by atoms with E-state index in [1.54, 1.807) is 38.2 Å². The van der Waals surface area contributed by atoms with E-state index in [2.05, 4.69) is 20.9 Å². The van der Waals surface area contributed by atoms with Gasteiger partial charge >= 0.3 is 18.2 Å². The summed E-state index contributed by atoms with van der Waals surface area (Å²) >= 11 is 1.53. The third kappa shape index (κ3) is 9.54. The summed E-state index contributed by atoms with van der Waals surface area (Å²) < 4.78 is 15.1. The highest BCUT2D eigenvalue weighted by Gasteiger charge is 2.26. The van der Waals surface area contributed by atoms with Crippen LogP contribution in [0.3, 0.4) is 0 Å². The first-order valence-electron chi connectivity index (χ1n) is 13.0. The summed E-state index contributed by atoms with van der Waals surface area (Å²) in [5, 5.41) is 9.33. The Hall–Kier alpha value is -3.67. The van der Waals surface area contributed by atoms with Crippen molar-refractivity contribution in [1.82, 2.24) is 10.3 Å². The monoisotopic (exact) mass is 560 g/mol. The Labute approximate surface area is 232 Å². The predicted molar refractivity (Wildman–Crippen MR) is 148 cm³/mol. The lowest BCUT2D eigenvalue weighted by Crippen LogP contribution is -2.38. The fourth-order valence-corrected chi connectivity index (χ4v) is 5.28. The van der Waals surface area contributed by atoms with Crippen LogP contribution in [0.15, 0.2) is 24.4 Å². The molecule has 0 spiro atoms. The fourth-order valence-electron chi connectivity index (χ4n) is 4.16. The number of aromatic nitrogens is 1. The maximum atomic E-state index is 12.4. The van der Waals surface area contributed by atoms with Crippen molar-refractivity contribution < 1.29 is 33.4 Å². The van der Waals surface area contributed by atoms with E-state index < -0.39 is 24.6 Å². The molecule has 0 atom stereocenters. The Bertz CT molecular complexity index is 1170. The quantitative estimate of drug-likeness (QED) is 0.272. The normalized spacial score (nSPS) is 16.9. The van der Waals surface area contributed by atoms with Crippen LogP contribution in [-0.4, -0.2) is 53.9 Å². The smallest absolute Gasteiger partial charge is 0.411 e. The number of nitrogens with one attached hydrogen (secondary N) is 3. The fraction of sp³-hybridized carbons (Fsp3) is 0.519. The van der Waals surface area contributed by atoms with Gasteiger partial charge in [0.2, 0.25) is 0 Å². The lowest BCUT2D eigenvalue weighted by Gasteiger charge is -2.28. The van der Waals surface area contributed by atoms with E-state index in [4.69, 9.17) is 14.2 Å². The van der Waals surface area contributed by atoms with Gasteiger partial charge in [-0.15, -0.1) is 11.3 Å². The van der Waals surface area contributed by atoms with Gasteiger partial charge in [0.05, 0.1) is 27.8 Å². The maximum absolute atomic E-state index is 12.4. The summed E-state index contributed by atoms with van der Waals surface area (Å²) in [6.45, 7) is 7.92. The highest BCUT2D eigenvalue weighted by molar-refractivity contribution is 7.15. The maximum Gasteiger partial charge on any atom is 0.411 e. The number of ether oxygens (including phenoxy) is 3. The highest BCUT2D eigenvalue weighted by Crippen LogP contribution is 2.40. The number of nitrogens with zero attached hydrogens (tertiary/aromatic N) is 1. The minimum absolute atomic E-state index is 0.0772. The van der Waals surface area contributed by atoms with Crippen LogP contribution in [0.1, 0.15) is 71.2 Å². The minimum atomic E-state index is -0.613. The summed E-state index contributed by atoms with van der Waals surface area (Å²) in [7, 11) is 0. The van der Waals surface area contributed by atoms with Crippen molar-refractivity contribution in [3.05, 3.63) is 29.4 Å². The van der Waals surface area contributed by atoms with Gasteiger partial charge in [0, 0.05) is 36.3 Å². The first-order chi connectivity index (χ1) is 18.5. The van der Waals surface area contributed by atoms with E-state index in [0.29, 0.717) is 16.9 Å². The lowest BCUT2D eigenvalue weighted by molar-refractivity contribution is -0.144. The van der Waals surface area contributed by atoms with Crippen molar-refractivity contribution in [2.45, 2.75) is 84.5 Å². The molecule has 3 rings (SSSR count). The van der Waals surface area contributed by atoms with Crippen LogP contribution in [0.5, 0.6) is 0 Å². The summed E-state index contributed by atoms with van der Waals surface area (Å²) in [6.07, 6.45) is 3.74. The third-order valence-corrected chi connectivity index (χ3v) is 7.01. The summed E-state index contributed by atoms with van der Waals surface area (Å²) in [5.74, 6) is -0.817. The van der Waals surface area contributed by atoms with Crippen LogP contribution >= 0.6 is 11.3 Å². The number of anilines is 2. The van der Waals surface area contributed by atoms with Crippen LogP contribution < -0.4 is 16.0 Å². The molecule has 1 heterocycles. The zero-order valence-electron chi connectivity index (χ0n) is 22.9. The van der Waals surface area contributed by atoms with Gasteiger partial charge < -0.3 is 24.8 Å². The number of thiazole rings is 1. The zero-order valence-corrected chi connectivity index (χ0v) is 23.7. The number of esters is 1. The lowest BCUT2D eigenvalue weighted by atomic mass is 9.86. The van der Waals surface area contributed by atoms with Gasteiger partial charge in [-0.3, -0.25) is 14.9 Å². The molecule has 0 radical (unpaired) electrons. The Morgan fingerprint density at radius 2 is 1.64 bits per heavy atom. The number of carbonyl (C=O) groups is 4. The number of amides is 3. The number of carbonyl (C=O) groups excluding carboxylic acids is 4. The number of hydrogen-bond donors (Lipinski definition) is 3. The van der Waals surface area contributed by atoms with Gasteiger partial charge in [-0.2, -0.15) is 0 Å². The summed E-state index contributed by atoms with van der Waals surface area (Å²) in [5.41, 5.74) is 1.57. The second kappa shape index (κ2) is 13.9. The van der Waals surface area contributed by atoms with Gasteiger partial charge in [-0.25, -0.2) is 14.6 Å². The molecule has 212 valence electrons. The molecule has 0 saturated heterocycles. The number of rotatable bonds is 9. The van der Waals surface area contributed by atoms with Gasteiger partial charge in [0.15, 0.2) is 6.61 Å². The average Bonchev–Trinajstić information content (AvgIpc) is 3.32. The first-order valence-corrected chi connectivity index (χ1v) is 13.8. The van der Waals surface area contributed by atoms with E-state index in [-0.39, 0.29) is 30.3 Å². The van der Waals surface area contributed by atoms with Crippen molar-refractivity contribution in [2.75, 3.05) is 17.2 Å². The van der Waals surface area contributed by atoms with Gasteiger partial charge in [0.25, 0.3) is 5.91 Å². The van der Waals surface area contributed by atoms with Crippen LogP contribution in [0.25, 0.3) is 10.4 Å². The molecule has 12 heteroatoms. The molecule has 1 aromatic heterocycles. The van der Waals surface area contributed by atoms with Crippen molar-refractivity contribution in [3.8, 4) is 10.4 Å². The molecule has 0 unspecified atom stereocenters. The van der Waals surface area contributed by atoms with Crippen molar-refractivity contribution in [3.63, 3.8) is 0 Å². The Morgan fingerprint density at radius 3 is 2.28 bits per heavy atom. The molecule has 11 nitrogen and oxygen atoms in total. The Morgan fingerprint density at radius 1 is 0.974 bits per heavy atom. The SMILES string of the molecule is CC(=O)OCC(=O)Nc1cc(NC(=O)OC(C)C)ccc1-c1cnc(C2CCC(NC(=O)OC(C)C)CC2)s1. The third-order valence-electron chi connectivity index (χ3n) is 5.82. The van der Waals surface area contributed by atoms with E-state index in [1.165, 1.54) is 18.3 Å². The summed E-state index contributed by atoms with van der Waals surface area (Å²) in [4.78, 5) is 53.1. The van der Waals surface area contributed by atoms with E-state index >= 15 is 0 Å². The molecule has 1 fully saturated rings. The number of benzene rings is 1. The van der Waals surface area contributed by atoms with Crippen LogP contribution in [0.2, 0.25) is 0 Å². The molecule has 2 aromatic rings. The highest BCUT2D eigenvalue weighted by atomic mass is 32.1. The standard InChI is InChI=1S/C27H36N4O7S/c1-15(2)37-26(34)29-19-8-6-18(7-9-19)25-28-13-23(39-25)21-11-10-20(30-27(35)38-16(3)4)12-22(21)31-24(33)14-36-17(5)32/h10-13,15-16,18-19H,6-9,14H2,1-5H3,(H,29,34)(H,30,35)(H,31,33). The molecular formula is C27H36N4O7S. The number of alkyl carbamates (subject to hydrolysis) is 1. The molecule has 3 N–H and O–H groups in total. The molecule has 0 bridgehead atoms. The van der Waals surface area contributed by atoms with E-state index in [1.807, 2.05) is 13.8 Å². The summed E-state index contributed by atoms with van der Waals surface area (Å²) in [6, 6.07) is 5.19. The van der Waals surface area contributed by atoms with Crippen molar-refractivity contribution in [1.29, 1.82) is 0 Å². The molecule has 3 amide bonds. The van der Waals surface area contributed by atoms with Crippen LogP contribution in [0, 0.1) is 0 Å². The predicted octanol–water partition coefficient (Wildman–Crippen LogP) is 5.43. The molecular weight excluding hydrogens is 524 g/mol. The molecule has 1 aliphatic rings. The van der Waals surface area contributed by atoms with Gasteiger partial charge in [-0.1, -0.05) is 0 Å². The van der Waals surface area contributed by atoms with Gasteiger partial charge in [-0.05, 0) is 71.6 Å². The van der Waals surface area contributed by atoms with Crippen molar-refractivity contribution >= 4 is 46.8 Å².